The molecule has 1 fully saturated rings. The summed E-state index contributed by atoms with van der Waals surface area (Å²) in [5.41, 5.74) is 0. The maximum absolute atomic E-state index is 13.8. The Kier molecular flexibility index (Phi) is 7.01. The van der Waals surface area contributed by atoms with Crippen LogP contribution in [0.15, 0.2) is 58.3 Å². The second kappa shape index (κ2) is 9.21. The largest absolute Gasteiger partial charge is 0.339 e. The van der Waals surface area contributed by atoms with Gasteiger partial charge in [0.1, 0.15) is 10.7 Å². The molecule has 0 unspecified atom stereocenters. The molecule has 2 aromatic rings. The van der Waals surface area contributed by atoms with Crippen molar-refractivity contribution < 1.29 is 26.0 Å². The first-order valence-corrected chi connectivity index (χ1v) is 12.6. The van der Waals surface area contributed by atoms with Crippen molar-refractivity contribution in [2.24, 2.45) is 0 Å². The van der Waals surface area contributed by atoms with Gasteiger partial charge in [-0.1, -0.05) is 29.8 Å². The summed E-state index contributed by atoms with van der Waals surface area (Å²) in [6.45, 7) is 1.63. The van der Waals surface area contributed by atoms with Crippen molar-refractivity contribution in [3.63, 3.8) is 0 Å². The number of halogens is 2. The molecule has 0 aromatic heterocycles. The van der Waals surface area contributed by atoms with E-state index < -0.39 is 42.7 Å². The number of rotatable bonds is 6. The van der Waals surface area contributed by atoms with Crippen molar-refractivity contribution in [2.75, 3.05) is 26.2 Å². The van der Waals surface area contributed by atoms with Crippen LogP contribution in [0.1, 0.15) is 6.92 Å². The molecule has 0 saturated carbocycles. The molecular weight excluding hydrogens is 469 g/mol. The second-order valence-corrected chi connectivity index (χ2v) is 11.0. The second-order valence-electron chi connectivity index (χ2n) is 6.96. The highest BCUT2D eigenvalue weighted by Crippen LogP contribution is 2.21. The van der Waals surface area contributed by atoms with Crippen LogP contribution in [0.3, 0.4) is 0 Å². The van der Waals surface area contributed by atoms with E-state index in [1.54, 1.807) is 12.1 Å². The molecule has 0 spiro atoms. The average Bonchev–Trinajstić information content (AvgIpc) is 2.73. The minimum absolute atomic E-state index is 0.0490. The van der Waals surface area contributed by atoms with Crippen LogP contribution in [0, 0.1) is 5.82 Å². The zero-order valence-electron chi connectivity index (χ0n) is 16.5. The van der Waals surface area contributed by atoms with Crippen LogP contribution >= 0.6 is 11.6 Å². The molecule has 1 heterocycles. The van der Waals surface area contributed by atoms with Crippen LogP contribution in [0.2, 0.25) is 5.02 Å². The zero-order chi connectivity index (χ0) is 22.8. The molecule has 1 saturated heterocycles. The van der Waals surface area contributed by atoms with Gasteiger partial charge >= 0.3 is 0 Å². The van der Waals surface area contributed by atoms with Gasteiger partial charge in [0.2, 0.25) is 26.0 Å². The fourth-order valence-corrected chi connectivity index (χ4v) is 6.21. The van der Waals surface area contributed by atoms with E-state index in [0.29, 0.717) is 5.02 Å². The van der Waals surface area contributed by atoms with Gasteiger partial charge in [-0.2, -0.15) is 9.03 Å². The summed E-state index contributed by atoms with van der Waals surface area (Å²) in [6, 6.07) is 9.62. The Balaban J connectivity index is 1.64. The van der Waals surface area contributed by atoms with E-state index in [9.17, 15) is 26.0 Å². The minimum atomic E-state index is -4.24. The van der Waals surface area contributed by atoms with Gasteiger partial charge in [-0.3, -0.25) is 4.79 Å². The first kappa shape index (κ1) is 23.6. The molecule has 0 radical (unpaired) electrons. The average molecular weight is 490 g/mol. The third kappa shape index (κ3) is 5.24. The molecule has 1 aliphatic rings. The van der Waals surface area contributed by atoms with E-state index in [1.807, 2.05) is 0 Å². The highest BCUT2D eigenvalue weighted by molar-refractivity contribution is 7.89. The number of nitrogens with zero attached hydrogens (tertiary/aromatic N) is 2. The van der Waals surface area contributed by atoms with Gasteiger partial charge in [0.15, 0.2) is 0 Å². The van der Waals surface area contributed by atoms with Gasteiger partial charge in [0, 0.05) is 31.2 Å². The van der Waals surface area contributed by atoms with Gasteiger partial charge in [-0.15, -0.1) is 0 Å². The van der Waals surface area contributed by atoms with Gasteiger partial charge in [-0.05, 0) is 37.3 Å². The lowest BCUT2D eigenvalue weighted by atomic mass is 10.2. The number of benzene rings is 2. The number of nitrogens with one attached hydrogen (secondary N) is 1. The van der Waals surface area contributed by atoms with E-state index in [2.05, 4.69) is 4.72 Å². The topological polar surface area (TPSA) is 104 Å². The molecule has 1 amide bonds. The van der Waals surface area contributed by atoms with Crippen LogP contribution in [0.25, 0.3) is 0 Å². The van der Waals surface area contributed by atoms with Crippen molar-refractivity contribution in [1.29, 1.82) is 0 Å². The van der Waals surface area contributed by atoms with Crippen molar-refractivity contribution in [3.05, 3.63) is 59.4 Å². The molecule has 12 heteroatoms. The van der Waals surface area contributed by atoms with Gasteiger partial charge in [-0.25, -0.2) is 21.2 Å². The molecule has 168 valence electrons. The lowest BCUT2D eigenvalue weighted by Crippen LogP contribution is -2.55. The van der Waals surface area contributed by atoms with E-state index in [0.717, 1.165) is 12.1 Å². The van der Waals surface area contributed by atoms with E-state index in [1.165, 1.54) is 40.4 Å². The summed E-state index contributed by atoms with van der Waals surface area (Å²) in [7, 11) is -8.01. The number of sulfonamides is 2. The van der Waals surface area contributed by atoms with Gasteiger partial charge in [0.25, 0.3) is 0 Å². The number of piperazine rings is 1. The number of carbonyl (C=O) groups excluding carboxylic acids is 1. The van der Waals surface area contributed by atoms with Crippen molar-refractivity contribution in [3.8, 4) is 0 Å². The van der Waals surface area contributed by atoms with Crippen LogP contribution in [0.5, 0.6) is 0 Å². The smallest absolute Gasteiger partial charge is 0.244 e. The standard InChI is InChI=1S/C19H21ClFN3O5S2/c1-14(22-30(26,27)18-8-3-2-7-17(18)21)19(25)23-9-11-24(12-10-23)31(28,29)16-6-4-5-15(20)13-16/h2-8,13-14,22H,9-12H2,1H3/t14-/m0/s1. The van der Waals surface area contributed by atoms with E-state index >= 15 is 0 Å². The summed E-state index contributed by atoms with van der Waals surface area (Å²) >= 11 is 5.88. The summed E-state index contributed by atoms with van der Waals surface area (Å²) < 4.78 is 67.6. The lowest BCUT2D eigenvalue weighted by molar-refractivity contribution is -0.133. The summed E-state index contributed by atoms with van der Waals surface area (Å²) in [4.78, 5) is 13.6. The molecule has 8 nitrogen and oxygen atoms in total. The predicted octanol–water partition coefficient (Wildman–Crippen LogP) is 1.68. The molecule has 0 aliphatic carbocycles. The maximum Gasteiger partial charge on any atom is 0.244 e. The third-order valence-electron chi connectivity index (χ3n) is 4.81. The SMILES string of the molecule is C[C@H](NS(=O)(=O)c1ccccc1F)C(=O)N1CCN(S(=O)(=O)c2cccc(Cl)c2)CC1. The molecule has 1 N–H and O–H groups in total. The lowest BCUT2D eigenvalue weighted by Gasteiger charge is -2.35. The Labute approximate surface area is 185 Å². The molecule has 1 atom stereocenters. The molecule has 1 aliphatic heterocycles. The quantitative estimate of drug-likeness (QED) is 0.665. The highest BCUT2D eigenvalue weighted by Gasteiger charge is 2.33. The summed E-state index contributed by atoms with van der Waals surface area (Å²) in [5, 5.41) is 0.297. The Morgan fingerprint density at radius 2 is 1.68 bits per heavy atom. The summed E-state index contributed by atoms with van der Waals surface area (Å²) in [6.07, 6.45) is 0. The van der Waals surface area contributed by atoms with Crippen molar-refractivity contribution in [2.45, 2.75) is 22.8 Å². The maximum atomic E-state index is 13.8. The van der Waals surface area contributed by atoms with Crippen molar-refractivity contribution in [1.82, 2.24) is 13.9 Å². The van der Waals surface area contributed by atoms with Crippen molar-refractivity contribution >= 4 is 37.6 Å². The number of amides is 1. The zero-order valence-corrected chi connectivity index (χ0v) is 18.9. The number of hydrogen-bond donors (Lipinski definition) is 1. The first-order chi connectivity index (χ1) is 14.5. The third-order valence-corrected chi connectivity index (χ3v) is 8.52. The van der Waals surface area contributed by atoms with Gasteiger partial charge in [0.05, 0.1) is 10.9 Å². The molecule has 2 aromatic carbocycles. The molecular formula is C19H21ClFN3O5S2. The fraction of sp³-hybridized carbons (Fsp3) is 0.316. The van der Waals surface area contributed by atoms with Crippen LogP contribution in [-0.4, -0.2) is 64.2 Å². The monoisotopic (exact) mass is 489 g/mol. The van der Waals surface area contributed by atoms with Crippen LogP contribution in [0.4, 0.5) is 4.39 Å². The molecule has 31 heavy (non-hydrogen) atoms. The highest BCUT2D eigenvalue weighted by atomic mass is 35.5. The fourth-order valence-electron chi connectivity index (χ4n) is 3.21. The Morgan fingerprint density at radius 1 is 1.03 bits per heavy atom. The number of carbonyl (C=O) groups is 1. The molecule has 0 bridgehead atoms. The van der Waals surface area contributed by atoms with Crippen LogP contribution < -0.4 is 4.72 Å². The summed E-state index contributed by atoms with van der Waals surface area (Å²) in [5.74, 6) is -1.45. The Bertz CT molecular complexity index is 1180. The number of hydrogen-bond acceptors (Lipinski definition) is 5. The normalized spacial score (nSPS) is 16.8. The molecule has 3 rings (SSSR count). The first-order valence-electron chi connectivity index (χ1n) is 9.34. The minimum Gasteiger partial charge on any atom is -0.339 e. The van der Waals surface area contributed by atoms with Crippen LogP contribution in [-0.2, 0) is 24.8 Å². The van der Waals surface area contributed by atoms with E-state index in [4.69, 9.17) is 11.6 Å². The predicted molar refractivity (Wildman–Crippen MR) is 113 cm³/mol. The van der Waals surface area contributed by atoms with E-state index in [-0.39, 0.29) is 31.1 Å². The van der Waals surface area contributed by atoms with Gasteiger partial charge < -0.3 is 4.90 Å². The Morgan fingerprint density at radius 3 is 2.29 bits per heavy atom. The Hall–Kier alpha value is -2.05.